The van der Waals surface area contributed by atoms with Gasteiger partial charge in [-0.15, -0.1) is 0 Å². The minimum Gasteiger partial charge on any atom is -0.467 e. The van der Waals surface area contributed by atoms with Crippen LogP contribution in [0.25, 0.3) is 0 Å². The molecule has 3 nitrogen and oxygen atoms in total. The lowest BCUT2D eigenvalue weighted by molar-refractivity contribution is -0.145. The van der Waals surface area contributed by atoms with Crippen molar-refractivity contribution in [2.45, 2.75) is 19.4 Å². The van der Waals surface area contributed by atoms with Gasteiger partial charge in [0.15, 0.2) is 5.54 Å². The number of hydrogen-bond acceptors (Lipinski definition) is 3. The molecule has 1 unspecified atom stereocenters. The fraction of sp³-hybridized carbons (Fsp3) is 0.235. The highest BCUT2D eigenvalue weighted by molar-refractivity contribution is 9.10. The van der Waals surface area contributed by atoms with Crippen LogP contribution in [-0.4, -0.2) is 13.1 Å². The molecule has 0 saturated carbocycles. The van der Waals surface area contributed by atoms with Gasteiger partial charge in [-0.1, -0.05) is 52.3 Å². The van der Waals surface area contributed by atoms with Crippen LogP contribution in [0.3, 0.4) is 0 Å². The van der Waals surface area contributed by atoms with Gasteiger partial charge in [0, 0.05) is 15.7 Å². The summed E-state index contributed by atoms with van der Waals surface area (Å²) < 4.78 is 5.87. The normalized spacial score (nSPS) is 13.3. The summed E-state index contributed by atoms with van der Waals surface area (Å²) in [7, 11) is 1.40. The highest BCUT2D eigenvalue weighted by Crippen LogP contribution is 2.33. The molecule has 0 spiro atoms. The van der Waals surface area contributed by atoms with Crippen LogP contribution < -0.4 is 5.32 Å². The van der Waals surface area contributed by atoms with Crippen LogP contribution in [0, 0.1) is 6.92 Å². The third-order valence-corrected chi connectivity index (χ3v) is 4.23. The van der Waals surface area contributed by atoms with Crippen molar-refractivity contribution < 1.29 is 9.53 Å². The number of ether oxygens (including phenoxy) is 1. The van der Waals surface area contributed by atoms with Gasteiger partial charge in [0.2, 0.25) is 0 Å². The first-order valence-electron chi connectivity index (χ1n) is 6.66. The van der Waals surface area contributed by atoms with Gasteiger partial charge in [0.1, 0.15) is 0 Å². The lowest BCUT2D eigenvalue weighted by Crippen LogP contribution is -2.42. The zero-order valence-electron chi connectivity index (χ0n) is 12.3. The van der Waals surface area contributed by atoms with Gasteiger partial charge in [-0.2, -0.15) is 0 Å². The molecule has 0 aliphatic rings. The highest BCUT2D eigenvalue weighted by atomic mass is 79.9. The Morgan fingerprint density at radius 2 is 1.76 bits per heavy atom. The lowest BCUT2D eigenvalue weighted by atomic mass is 9.91. The molecule has 1 atom stereocenters. The second-order valence-corrected chi connectivity index (χ2v) is 5.89. The van der Waals surface area contributed by atoms with E-state index in [-0.39, 0.29) is 5.97 Å². The molecular formula is C17H18BrNO2. The van der Waals surface area contributed by atoms with Crippen LogP contribution in [-0.2, 0) is 15.1 Å². The third kappa shape index (κ3) is 3.10. The van der Waals surface area contributed by atoms with Crippen molar-refractivity contribution in [1.82, 2.24) is 0 Å². The van der Waals surface area contributed by atoms with Crippen LogP contribution >= 0.6 is 15.9 Å². The van der Waals surface area contributed by atoms with Crippen LogP contribution in [0.4, 0.5) is 5.69 Å². The van der Waals surface area contributed by atoms with Crippen LogP contribution in [0.2, 0.25) is 0 Å². The Balaban J connectivity index is 2.51. The number of esters is 1. The van der Waals surface area contributed by atoms with Gasteiger partial charge < -0.3 is 10.1 Å². The molecule has 2 rings (SSSR count). The number of para-hydroxylation sites is 1. The molecule has 21 heavy (non-hydrogen) atoms. The van der Waals surface area contributed by atoms with Gasteiger partial charge in [-0.3, -0.25) is 0 Å². The van der Waals surface area contributed by atoms with Crippen molar-refractivity contribution in [1.29, 1.82) is 0 Å². The first kappa shape index (κ1) is 15.6. The number of benzene rings is 2. The van der Waals surface area contributed by atoms with E-state index < -0.39 is 5.54 Å². The fourth-order valence-corrected chi connectivity index (χ4v) is 2.96. The topological polar surface area (TPSA) is 38.3 Å². The van der Waals surface area contributed by atoms with Crippen LogP contribution in [0.15, 0.2) is 53.0 Å². The summed E-state index contributed by atoms with van der Waals surface area (Å²) in [6, 6.07) is 15.5. The molecule has 4 heteroatoms. The van der Waals surface area contributed by atoms with Crippen LogP contribution in [0.5, 0.6) is 0 Å². The molecule has 1 N–H and O–H groups in total. The number of hydrogen-bond donors (Lipinski definition) is 1. The van der Waals surface area contributed by atoms with Gasteiger partial charge in [0.25, 0.3) is 0 Å². The average Bonchev–Trinajstić information content (AvgIpc) is 2.49. The fourth-order valence-electron chi connectivity index (χ4n) is 2.28. The Hall–Kier alpha value is -1.81. The smallest absolute Gasteiger partial charge is 0.335 e. The van der Waals surface area contributed by atoms with E-state index >= 15 is 0 Å². The lowest BCUT2D eigenvalue weighted by Gasteiger charge is -2.31. The quantitative estimate of drug-likeness (QED) is 0.839. The van der Waals surface area contributed by atoms with Crippen molar-refractivity contribution >= 4 is 27.6 Å². The third-order valence-electron chi connectivity index (χ3n) is 3.54. The zero-order valence-corrected chi connectivity index (χ0v) is 13.9. The average molecular weight is 348 g/mol. The standard InChI is InChI=1S/C17H18BrNO2/c1-12-8-4-7-11-15(12)19-17(2,16(20)21-3)13-9-5-6-10-14(13)18/h4-11,19H,1-3H3. The van der Waals surface area contributed by atoms with Gasteiger partial charge in [-0.05, 0) is 31.5 Å². The van der Waals surface area contributed by atoms with E-state index in [1.54, 1.807) is 0 Å². The predicted octanol–water partition coefficient (Wildman–Crippen LogP) is 4.26. The number of methoxy groups -OCH3 is 1. The molecular weight excluding hydrogens is 330 g/mol. The van der Waals surface area contributed by atoms with E-state index in [4.69, 9.17) is 4.74 Å². The summed E-state index contributed by atoms with van der Waals surface area (Å²) >= 11 is 3.51. The molecule has 0 radical (unpaired) electrons. The Bertz CT molecular complexity index is 657. The van der Waals surface area contributed by atoms with Crippen molar-refractivity contribution in [3.63, 3.8) is 0 Å². The number of carbonyl (C=O) groups is 1. The SMILES string of the molecule is COC(=O)C(C)(Nc1ccccc1C)c1ccccc1Br. The molecule has 0 bridgehead atoms. The summed E-state index contributed by atoms with van der Waals surface area (Å²) in [5.74, 6) is -0.336. The van der Waals surface area contributed by atoms with Crippen molar-refractivity contribution in [2.24, 2.45) is 0 Å². The minimum atomic E-state index is -0.971. The largest absolute Gasteiger partial charge is 0.467 e. The predicted molar refractivity (Wildman–Crippen MR) is 88.3 cm³/mol. The first-order chi connectivity index (χ1) is 9.99. The van der Waals surface area contributed by atoms with Crippen molar-refractivity contribution in [2.75, 3.05) is 12.4 Å². The van der Waals surface area contributed by atoms with Gasteiger partial charge in [-0.25, -0.2) is 4.79 Å². The van der Waals surface area contributed by atoms with E-state index in [1.807, 2.05) is 62.4 Å². The van der Waals surface area contributed by atoms with E-state index in [2.05, 4.69) is 21.2 Å². The van der Waals surface area contributed by atoms with Gasteiger partial charge in [0.05, 0.1) is 7.11 Å². The van der Waals surface area contributed by atoms with Crippen molar-refractivity contribution in [3.05, 3.63) is 64.1 Å². The molecule has 110 valence electrons. The molecule has 2 aromatic rings. The number of nitrogens with one attached hydrogen (secondary N) is 1. The number of aryl methyl sites for hydroxylation is 1. The number of rotatable bonds is 4. The Morgan fingerprint density at radius 3 is 2.38 bits per heavy atom. The maximum atomic E-state index is 12.4. The maximum Gasteiger partial charge on any atom is 0.335 e. The first-order valence-corrected chi connectivity index (χ1v) is 7.45. The number of anilines is 1. The Morgan fingerprint density at radius 1 is 1.14 bits per heavy atom. The molecule has 0 amide bonds. The summed E-state index contributed by atoms with van der Waals surface area (Å²) in [6.07, 6.45) is 0. The molecule has 2 aromatic carbocycles. The molecule has 0 fully saturated rings. The zero-order chi connectivity index (χ0) is 15.5. The minimum absolute atomic E-state index is 0.336. The molecule has 0 aliphatic heterocycles. The van der Waals surface area contributed by atoms with E-state index in [9.17, 15) is 4.79 Å². The summed E-state index contributed by atoms with van der Waals surface area (Å²) in [4.78, 5) is 12.4. The van der Waals surface area contributed by atoms with Crippen LogP contribution in [0.1, 0.15) is 18.1 Å². The maximum absolute atomic E-state index is 12.4. The van der Waals surface area contributed by atoms with Crippen molar-refractivity contribution in [3.8, 4) is 0 Å². The number of halogens is 1. The monoisotopic (exact) mass is 347 g/mol. The molecule has 0 heterocycles. The summed E-state index contributed by atoms with van der Waals surface area (Å²) in [5, 5.41) is 3.33. The summed E-state index contributed by atoms with van der Waals surface area (Å²) in [5.41, 5.74) is 1.84. The van der Waals surface area contributed by atoms with E-state index in [1.165, 1.54) is 7.11 Å². The van der Waals surface area contributed by atoms with E-state index in [0.717, 1.165) is 21.3 Å². The van der Waals surface area contributed by atoms with E-state index in [0.29, 0.717) is 0 Å². The molecule has 0 aromatic heterocycles. The Kier molecular flexibility index (Phi) is 4.68. The molecule has 0 saturated heterocycles. The second-order valence-electron chi connectivity index (χ2n) is 5.04. The Labute approximate surface area is 133 Å². The highest BCUT2D eigenvalue weighted by Gasteiger charge is 2.38. The van der Waals surface area contributed by atoms with Gasteiger partial charge >= 0.3 is 5.97 Å². The second kappa shape index (κ2) is 6.31. The number of carbonyl (C=O) groups excluding carboxylic acids is 1. The molecule has 0 aliphatic carbocycles. The summed E-state index contributed by atoms with van der Waals surface area (Å²) in [6.45, 7) is 3.82.